The minimum atomic E-state index is -0.482. The standard InChI is InChI=1S/C16H25N3O2/c1-10-8-11(19-21)14(17-9-10)18-12(15(2,3)4)13(20)16(5,6)7/h8-9,12H,1-7H3,(H,17,18). The Balaban J connectivity index is 3.20. The first-order chi connectivity index (χ1) is 9.46. The Kier molecular flexibility index (Phi) is 4.87. The highest BCUT2D eigenvalue weighted by Gasteiger charge is 2.37. The molecule has 0 fully saturated rings. The first kappa shape index (κ1) is 17.3. The van der Waals surface area contributed by atoms with E-state index in [2.05, 4.69) is 15.5 Å². The van der Waals surface area contributed by atoms with Gasteiger partial charge in [0.2, 0.25) is 0 Å². The van der Waals surface area contributed by atoms with Crippen molar-refractivity contribution in [2.24, 2.45) is 16.0 Å². The summed E-state index contributed by atoms with van der Waals surface area (Å²) in [5.41, 5.74) is 0.289. The summed E-state index contributed by atoms with van der Waals surface area (Å²) in [6.45, 7) is 13.4. The fourth-order valence-electron chi connectivity index (χ4n) is 1.98. The molecule has 0 radical (unpaired) electrons. The molecule has 0 aromatic carbocycles. The molecular formula is C16H25N3O2. The molecule has 1 atom stereocenters. The van der Waals surface area contributed by atoms with Gasteiger partial charge in [0.25, 0.3) is 0 Å². The van der Waals surface area contributed by atoms with Gasteiger partial charge in [-0.2, -0.15) is 0 Å². The van der Waals surface area contributed by atoms with Crippen LogP contribution in [0.4, 0.5) is 11.5 Å². The summed E-state index contributed by atoms with van der Waals surface area (Å²) < 4.78 is 0. The molecule has 5 heteroatoms. The zero-order valence-electron chi connectivity index (χ0n) is 13.9. The molecule has 0 aliphatic carbocycles. The van der Waals surface area contributed by atoms with Gasteiger partial charge in [-0.05, 0) is 29.1 Å². The topological polar surface area (TPSA) is 71.4 Å². The van der Waals surface area contributed by atoms with Gasteiger partial charge in [0.15, 0.2) is 17.3 Å². The van der Waals surface area contributed by atoms with Crippen molar-refractivity contribution in [2.45, 2.75) is 54.5 Å². The van der Waals surface area contributed by atoms with E-state index in [9.17, 15) is 9.70 Å². The maximum atomic E-state index is 12.7. The number of pyridine rings is 1. The van der Waals surface area contributed by atoms with Gasteiger partial charge in [-0.15, -0.1) is 4.91 Å². The number of rotatable bonds is 4. The molecule has 0 amide bonds. The van der Waals surface area contributed by atoms with Crippen LogP contribution in [0.2, 0.25) is 0 Å². The second-order valence-electron chi connectivity index (χ2n) is 7.53. The van der Waals surface area contributed by atoms with Crippen molar-refractivity contribution in [3.63, 3.8) is 0 Å². The van der Waals surface area contributed by atoms with E-state index in [0.717, 1.165) is 5.56 Å². The van der Waals surface area contributed by atoms with Crippen LogP contribution < -0.4 is 5.32 Å². The maximum Gasteiger partial charge on any atom is 0.160 e. The van der Waals surface area contributed by atoms with E-state index in [-0.39, 0.29) is 16.9 Å². The molecule has 0 saturated heterocycles. The summed E-state index contributed by atoms with van der Waals surface area (Å²) in [6.07, 6.45) is 1.65. The number of Topliss-reactive ketones (excluding diaryl/α,β-unsaturated/α-hetero) is 1. The van der Waals surface area contributed by atoms with E-state index in [1.807, 2.05) is 48.5 Å². The zero-order valence-corrected chi connectivity index (χ0v) is 13.9. The first-order valence-electron chi connectivity index (χ1n) is 7.07. The fourth-order valence-corrected chi connectivity index (χ4v) is 1.98. The number of nitrogens with zero attached hydrogens (tertiary/aromatic N) is 2. The van der Waals surface area contributed by atoms with Gasteiger partial charge < -0.3 is 5.32 Å². The molecule has 21 heavy (non-hydrogen) atoms. The van der Waals surface area contributed by atoms with Crippen LogP contribution in [0.3, 0.4) is 0 Å². The largest absolute Gasteiger partial charge is 0.358 e. The lowest BCUT2D eigenvalue weighted by molar-refractivity contribution is -0.129. The molecule has 0 aliphatic heterocycles. The van der Waals surface area contributed by atoms with Gasteiger partial charge in [-0.1, -0.05) is 41.5 Å². The molecule has 0 bridgehead atoms. The lowest BCUT2D eigenvalue weighted by Crippen LogP contribution is -2.46. The van der Waals surface area contributed by atoms with Crippen LogP contribution in [0.25, 0.3) is 0 Å². The summed E-state index contributed by atoms with van der Waals surface area (Å²) in [6, 6.07) is 1.21. The van der Waals surface area contributed by atoms with Crippen molar-refractivity contribution >= 4 is 17.3 Å². The normalized spacial score (nSPS) is 13.7. The van der Waals surface area contributed by atoms with Crippen molar-refractivity contribution < 1.29 is 4.79 Å². The van der Waals surface area contributed by atoms with Gasteiger partial charge in [0.1, 0.15) is 0 Å². The third-order valence-corrected chi connectivity index (χ3v) is 3.25. The van der Waals surface area contributed by atoms with Crippen molar-refractivity contribution in [1.29, 1.82) is 0 Å². The number of aromatic nitrogens is 1. The molecule has 5 nitrogen and oxygen atoms in total. The number of carbonyl (C=O) groups excluding carboxylic acids is 1. The molecular weight excluding hydrogens is 266 g/mol. The summed E-state index contributed by atoms with van der Waals surface area (Å²) in [7, 11) is 0. The van der Waals surface area contributed by atoms with Crippen LogP contribution in [-0.2, 0) is 4.79 Å². The highest BCUT2D eigenvalue weighted by atomic mass is 16.3. The average molecular weight is 291 g/mol. The third-order valence-electron chi connectivity index (χ3n) is 3.25. The maximum absolute atomic E-state index is 12.7. The Morgan fingerprint density at radius 3 is 2.24 bits per heavy atom. The monoisotopic (exact) mass is 291 g/mol. The van der Waals surface area contributed by atoms with Crippen LogP contribution in [0.5, 0.6) is 0 Å². The fraction of sp³-hybridized carbons (Fsp3) is 0.625. The Bertz CT molecular complexity index is 539. The van der Waals surface area contributed by atoms with E-state index in [1.54, 1.807) is 12.3 Å². The minimum Gasteiger partial charge on any atom is -0.358 e. The molecule has 1 rings (SSSR count). The molecule has 116 valence electrons. The summed E-state index contributed by atoms with van der Waals surface area (Å²) in [4.78, 5) is 27.9. The Labute approximate surface area is 126 Å². The smallest absolute Gasteiger partial charge is 0.160 e. The van der Waals surface area contributed by atoms with Gasteiger partial charge in [-0.25, -0.2) is 4.98 Å². The van der Waals surface area contributed by atoms with Gasteiger partial charge in [0.05, 0.1) is 6.04 Å². The molecule has 0 aliphatic rings. The third kappa shape index (κ3) is 4.34. The molecule has 1 heterocycles. The number of ketones is 1. The summed E-state index contributed by atoms with van der Waals surface area (Å²) in [5.74, 6) is 0.433. The molecule has 1 unspecified atom stereocenters. The van der Waals surface area contributed by atoms with Gasteiger partial charge in [-0.3, -0.25) is 4.79 Å². The van der Waals surface area contributed by atoms with Crippen molar-refractivity contribution in [1.82, 2.24) is 4.98 Å². The predicted molar refractivity (Wildman–Crippen MR) is 85.8 cm³/mol. The van der Waals surface area contributed by atoms with Crippen LogP contribution in [0.15, 0.2) is 17.4 Å². The van der Waals surface area contributed by atoms with E-state index >= 15 is 0 Å². The van der Waals surface area contributed by atoms with Crippen molar-refractivity contribution in [2.75, 3.05) is 5.32 Å². The number of nitrogens with one attached hydrogen (secondary N) is 1. The van der Waals surface area contributed by atoms with Crippen LogP contribution in [0, 0.1) is 22.7 Å². The molecule has 0 spiro atoms. The number of carbonyl (C=O) groups is 1. The minimum absolute atomic E-state index is 0.0780. The zero-order chi connectivity index (χ0) is 16.4. The lowest BCUT2D eigenvalue weighted by Gasteiger charge is -2.35. The number of aryl methyl sites for hydroxylation is 1. The van der Waals surface area contributed by atoms with Crippen LogP contribution in [-0.4, -0.2) is 16.8 Å². The number of anilines is 1. The van der Waals surface area contributed by atoms with Crippen LogP contribution in [0.1, 0.15) is 47.1 Å². The molecule has 1 N–H and O–H groups in total. The van der Waals surface area contributed by atoms with E-state index in [4.69, 9.17) is 0 Å². The SMILES string of the molecule is Cc1cnc(NC(C(=O)C(C)(C)C)C(C)(C)C)c(N=O)c1. The predicted octanol–water partition coefficient (Wildman–Crippen LogP) is 4.23. The number of nitroso groups, excluding NO2 is 1. The molecule has 1 aromatic rings. The quantitative estimate of drug-likeness (QED) is 0.843. The number of hydrogen-bond donors (Lipinski definition) is 1. The van der Waals surface area contributed by atoms with E-state index in [1.165, 1.54) is 0 Å². The highest BCUT2D eigenvalue weighted by Crippen LogP contribution is 2.32. The van der Waals surface area contributed by atoms with Crippen LogP contribution >= 0.6 is 0 Å². The van der Waals surface area contributed by atoms with E-state index in [0.29, 0.717) is 5.82 Å². The second kappa shape index (κ2) is 5.92. The number of hydrogen-bond acceptors (Lipinski definition) is 5. The molecule has 1 aromatic heterocycles. The Morgan fingerprint density at radius 1 is 1.24 bits per heavy atom. The highest BCUT2D eigenvalue weighted by molar-refractivity contribution is 5.92. The van der Waals surface area contributed by atoms with Crippen molar-refractivity contribution in [3.8, 4) is 0 Å². The van der Waals surface area contributed by atoms with Crippen molar-refractivity contribution in [3.05, 3.63) is 22.7 Å². The molecule has 0 saturated carbocycles. The van der Waals surface area contributed by atoms with Gasteiger partial charge in [0, 0.05) is 11.6 Å². The summed E-state index contributed by atoms with van der Waals surface area (Å²) >= 11 is 0. The second-order valence-corrected chi connectivity index (χ2v) is 7.53. The van der Waals surface area contributed by atoms with Gasteiger partial charge >= 0.3 is 0 Å². The lowest BCUT2D eigenvalue weighted by atomic mass is 9.75. The Morgan fingerprint density at radius 2 is 1.81 bits per heavy atom. The van der Waals surface area contributed by atoms with E-state index < -0.39 is 11.5 Å². The average Bonchev–Trinajstić information content (AvgIpc) is 2.33. The Hall–Kier alpha value is -1.78. The first-order valence-corrected chi connectivity index (χ1v) is 7.07. The summed E-state index contributed by atoms with van der Waals surface area (Å²) in [5, 5.41) is 6.12.